The van der Waals surface area contributed by atoms with Gasteiger partial charge in [-0.05, 0) is 23.8 Å². The van der Waals surface area contributed by atoms with Crippen LogP contribution in [0.15, 0.2) is 53.4 Å². The van der Waals surface area contributed by atoms with Crippen molar-refractivity contribution in [3.8, 4) is 0 Å². The van der Waals surface area contributed by atoms with Crippen LogP contribution >= 0.6 is 0 Å². The fraction of sp³-hybridized carbons (Fsp3) is 0.318. The van der Waals surface area contributed by atoms with Gasteiger partial charge in [0.25, 0.3) is 5.69 Å². The number of amides is 4. The first-order chi connectivity index (χ1) is 16.6. The topological polar surface area (TPSA) is 150 Å². The molecule has 0 radical (unpaired) electrons. The molecule has 3 aliphatic heterocycles. The van der Waals surface area contributed by atoms with Gasteiger partial charge in [-0.2, -0.15) is 4.31 Å². The van der Waals surface area contributed by atoms with Crippen LogP contribution in [-0.2, 0) is 26.0 Å². The summed E-state index contributed by atoms with van der Waals surface area (Å²) in [6.07, 6.45) is -0.216. The van der Waals surface area contributed by atoms with Crippen molar-refractivity contribution in [2.24, 2.45) is 5.41 Å². The van der Waals surface area contributed by atoms with E-state index in [1.54, 1.807) is 29.2 Å². The summed E-state index contributed by atoms with van der Waals surface area (Å²) in [4.78, 5) is 52.5. The van der Waals surface area contributed by atoms with E-state index < -0.39 is 44.2 Å². The molecule has 0 aromatic heterocycles. The van der Waals surface area contributed by atoms with E-state index in [0.29, 0.717) is 11.3 Å². The van der Waals surface area contributed by atoms with E-state index in [-0.39, 0.29) is 36.6 Å². The minimum absolute atomic E-state index is 0.0742. The second-order valence-electron chi connectivity index (χ2n) is 8.73. The number of carbonyl (C=O) groups excluding carboxylic acids is 3. The average molecular weight is 500 g/mol. The highest BCUT2D eigenvalue weighted by molar-refractivity contribution is 7.89. The molecule has 3 heterocycles. The lowest BCUT2D eigenvalue weighted by Crippen LogP contribution is -2.74. The largest absolute Gasteiger partial charge is 0.364 e. The van der Waals surface area contributed by atoms with Crippen molar-refractivity contribution in [3.63, 3.8) is 0 Å². The lowest BCUT2D eigenvalue weighted by molar-refractivity contribution is -0.384. The van der Waals surface area contributed by atoms with Crippen LogP contribution in [0.3, 0.4) is 0 Å². The van der Waals surface area contributed by atoms with Gasteiger partial charge in [-0.15, -0.1) is 0 Å². The Balaban J connectivity index is 1.64. The van der Waals surface area contributed by atoms with Crippen LogP contribution in [0.2, 0.25) is 0 Å². The van der Waals surface area contributed by atoms with E-state index in [0.717, 1.165) is 4.90 Å². The Hall–Kier alpha value is -3.84. The molecule has 0 bridgehead atoms. The molecule has 0 saturated carbocycles. The molecule has 12 nitrogen and oxygen atoms in total. The molecule has 1 spiro atoms. The van der Waals surface area contributed by atoms with Crippen molar-refractivity contribution in [1.29, 1.82) is 0 Å². The summed E-state index contributed by atoms with van der Waals surface area (Å²) in [7, 11) is -2.69. The monoisotopic (exact) mass is 499 g/mol. The van der Waals surface area contributed by atoms with Gasteiger partial charge < -0.3 is 4.90 Å². The molecule has 4 amide bonds. The predicted octanol–water partition coefficient (Wildman–Crippen LogP) is 0.725. The number of piperazine rings is 1. The van der Waals surface area contributed by atoms with E-state index in [1.807, 2.05) is 0 Å². The summed E-state index contributed by atoms with van der Waals surface area (Å²) >= 11 is 0. The van der Waals surface area contributed by atoms with Crippen LogP contribution in [0, 0.1) is 15.5 Å². The predicted molar refractivity (Wildman–Crippen MR) is 122 cm³/mol. The molecular formula is C22H21N5O7S. The quantitative estimate of drug-likeness (QED) is 0.369. The summed E-state index contributed by atoms with van der Waals surface area (Å²) in [5, 5.41) is 13.6. The van der Waals surface area contributed by atoms with Gasteiger partial charge in [-0.25, -0.2) is 13.2 Å². The zero-order valence-electron chi connectivity index (χ0n) is 18.6. The Labute approximate surface area is 200 Å². The molecular weight excluding hydrogens is 478 g/mol. The number of barbiturate groups is 1. The van der Waals surface area contributed by atoms with Crippen LogP contribution in [0.5, 0.6) is 0 Å². The molecule has 0 aliphatic carbocycles. The first-order valence-electron chi connectivity index (χ1n) is 10.8. The number of nitro benzene ring substituents is 1. The van der Waals surface area contributed by atoms with Crippen molar-refractivity contribution in [3.05, 3.63) is 64.2 Å². The smallest absolute Gasteiger partial charge is 0.330 e. The number of rotatable bonds is 3. The minimum atomic E-state index is -3.93. The maximum atomic E-state index is 13.5. The Morgan fingerprint density at radius 1 is 1.09 bits per heavy atom. The molecule has 35 heavy (non-hydrogen) atoms. The van der Waals surface area contributed by atoms with Gasteiger partial charge in [0.05, 0.1) is 15.9 Å². The number of carbonyl (C=O) groups is 3. The Bertz CT molecular complexity index is 1380. The number of imide groups is 2. The number of hydrogen-bond donors (Lipinski definition) is 1. The third kappa shape index (κ3) is 3.30. The number of nitro groups is 1. The second kappa shape index (κ2) is 7.85. The van der Waals surface area contributed by atoms with Gasteiger partial charge in [0.2, 0.25) is 21.8 Å². The molecule has 13 heteroatoms. The number of sulfonamides is 1. The number of hydrogen-bond acceptors (Lipinski definition) is 8. The zero-order valence-corrected chi connectivity index (χ0v) is 19.4. The number of urea groups is 1. The van der Waals surface area contributed by atoms with Crippen molar-refractivity contribution in [2.75, 3.05) is 31.6 Å². The van der Waals surface area contributed by atoms with Crippen LogP contribution in [0.1, 0.15) is 5.56 Å². The van der Waals surface area contributed by atoms with Crippen molar-refractivity contribution in [2.45, 2.75) is 17.4 Å². The molecule has 0 unspecified atom stereocenters. The van der Waals surface area contributed by atoms with Gasteiger partial charge in [-0.3, -0.25) is 29.9 Å². The molecule has 2 aromatic rings. The lowest BCUT2D eigenvalue weighted by atomic mass is 9.68. The van der Waals surface area contributed by atoms with Crippen LogP contribution in [0.4, 0.5) is 16.2 Å². The lowest BCUT2D eigenvalue weighted by Gasteiger charge is -2.54. The summed E-state index contributed by atoms with van der Waals surface area (Å²) in [6.45, 7) is 0.0289. The average Bonchev–Trinajstić information content (AvgIpc) is 2.86. The summed E-state index contributed by atoms with van der Waals surface area (Å²) in [5.74, 6) is -1.63. The summed E-state index contributed by atoms with van der Waals surface area (Å²) < 4.78 is 28.0. The standard InChI is InChI=1S/C22H21N5O7S/c1-24-20(29)22(19(28)23-21(24)30)12-14-11-15(27(31)32)7-8-17(14)26-10-9-25(13-18(22)26)35(33,34)16-5-3-2-4-6-16/h2-8,11,18H,9-10,12-13H2,1H3,(H,23,28,30)/t18-,22-/m0/s1. The number of anilines is 1. The normalized spacial score (nSPS) is 24.7. The third-order valence-corrected chi connectivity index (χ3v) is 8.84. The molecule has 5 rings (SSSR count). The van der Waals surface area contributed by atoms with E-state index >= 15 is 0 Å². The molecule has 2 atom stereocenters. The van der Waals surface area contributed by atoms with Gasteiger partial charge >= 0.3 is 6.03 Å². The van der Waals surface area contributed by atoms with Crippen LogP contribution in [0.25, 0.3) is 0 Å². The Morgan fingerprint density at radius 2 is 1.80 bits per heavy atom. The molecule has 3 aliphatic rings. The van der Waals surface area contributed by atoms with Crippen molar-refractivity contribution >= 4 is 39.2 Å². The molecule has 1 N–H and O–H groups in total. The van der Waals surface area contributed by atoms with E-state index in [2.05, 4.69) is 5.32 Å². The first-order valence-corrected chi connectivity index (χ1v) is 12.2. The molecule has 2 saturated heterocycles. The van der Waals surface area contributed by atoms with E-state index in [9.17, 15) is 32.9 Å². The number of non-ortho nitro benzene ring substituents is 1. The van der Waals surface area contributed by atoms with Gasteiger partial charge in [0, 0.05) is 50.9 Å². The fourth-order valence-corrected chi connectivity index (χ4v) is 6.64. The zero-order chi connectivity index (χ0) is 25.1. The number of benzene rings is 2. The highest BCUT2D eigenvalue weighted by atomic mass is 32.2. The second-order valence-corrected chi connectivity index (χ2v) is 10.7. The van der Waals surface area contributed by atoms with Gasteiger partial charge in [0.1, 0.15) is 0 Å². The van der Waals surface area contributed by atoms with Gasteiger partial charge in [-0.1, -0.05) is 18.2 Å². The maximum Gasteiger partial charge on any atom is 0.330 e. The highest BCUT2D eigenvalue weighted by Gasteiger charge is 2.63. The van der Waals surface area contributed by atoms with Crippen LogP contribution < -0.4 is 10.2 Å². The fourth-order valence-electron chi connectivity index (χ4n) is 5.18. The van der Waals surface area contributed by atoms with E-state index in [1.165, 1.54) is 35.6 Å². The van der Waals surface area contributed by atoms with Crippen LogP contribution in [-0.4, -0.2) is 73.1 Å². The Kier molecular flexibility index (Phi) is 5.14. The number of fused-ring (bicyclic) bond motifs is 4. The molecule has 2 fully saturated rings. The highest BCUT2D eigenvalue weighted by Crippen LogP contribution is 2.46. The van der Waals surface area contributed by atoms with Crippen molar-refractivity contribution in [1.82, 2.24) is 14.5 Å². The first kappa shape index (κ1) is 22.9. The Morgan fingerprint density at radius 3 is 2.49 bits per heavy atom. The van der Waals surface area contributed by atoms with Gasteiger partial charge in [0.15, 0.2) is 5.41 Å². The maximum absolute atomic E-state index is 13.5. The number of nitrogens with zero attached hydrogens (tertiary/aromatic N) is 4. The molecule has 182 valence electrons. The minimum Gasteiger partial charge on any atom is -0.364 e. The third-order valence-electron chi connectivity index (χ3n) is 6.96. The summed E-state index contributed by atoms with van der Waals surface area (Å²) in [5.41, 5.74) is -1.06. The van der Waals surface area contributed by atoms with Crippen molar-refractivity contribution < 1.29 is 27.7 Å². The SMILES string of the molecule is CN1C(=O)NC(=O)[C@@]2(Cc3cc([N+](=O)[O-])ccc3N3CCN(S(=O)(=O)c4ccccc4)C[C@H]32)C1=O. The number of nitrogens with one attached hydrogen (secondary N) is 1. The summed E-state index contributed by atoms with van der Waals surface area (Å²) in [6, 6.07) is 10.2. The van der Waals surface area contributed by atoms with E-state index in [4.69, 9.17) is 0 Å². The molecule has 2 aromatic carbocycles.